The molecule has 2 rings (SSSR count). The topological polar surface area (TPSA) is 75.7 Å². The van der Waals surface area contributed by atoms with Gasteiger partial charge >= 0.3 is 6.09 Å². The SMILES string of the molecule is CC(=O)N1CCC(=CC(=O)c2ccc(NC(=O)OC(C)(C)C)cc2)CC1. The van der Waals surface area contributed by atoms with E-state index in [1.54, 1.807) is 62.9 Å². The summed E-state index contributed by atoms with van der Waals surface area (Å²) < 4.78 is 5.19. The molecule has 1 aliphatic heterocycles. The number of hydrogen-bond acceptors (Lipinski definition) is 4. The molecule has 26 heavy (non-hydrogen) atoms. The Morgan fingerprint density at radius 1 is 1.08 bits per heavy atom. The van der Waals surface area contributed by atoms with E-state index in [1.165, 1.54) is 0 Å². The standard InChI is InChI=1S/C20H26N2O4/c1-14(23)22-11-9-15(10-12-22)13-18(24)16-5-7-17(8-6-16)21-19(25)26-20(2,3)4/h5-8,13H,9-12H2,1-4H3,(H,21,25). The highest BCUT2D eigenvalue weighted by Crippen LogP contribution is 2.18. The number of likely N-dealkylation sites (tertiary alicyclic amines) is 1. The van der Waals surface area contributed by atoms with Crippen molar-refractivity contribution in [2.24, 2.45) is 0 Å². The number of amides is 2. The maximum atomic E-state index is 12.4. The number of hydrogen-bond donors (Lipinski definition) is 1. The molecule has 140 valence electrons. The van der Waals surface area contributed by atoms with E-state index < -0.39 is 11.7 Å². The molecule has 2 amide bonds. The Morgan fingerprint density at radius 2 is 1.65 bits per heavy atom. The number of nitrogens with one attached hydrogen (secondary N) is 1. The van der Waals surface area contributed by atoms with Crippen LogP contribution in [0.25, 0.3) is 0 Å². The molecule has 6 nitrogen and oxygen atoms in total. The van der Waals surface area contributed by atoms with E-state index in [0.717, 1.165) is 18.4 Å². The van der Waals surface area contributed by atoms with Crippen molar-refractivity contribution < 1.29 is 19.1 Å². The first-order valence-electron chi connectivity index (χ1n) is 8.73. The van der Waals surface area contributed by atoms with Crippen molar-refractivity contribution in [1.29, 1.82) is 0 Å². The largest absolute Gasteiger partial charge is 0.444 e. The van der Waals surface area contributed by atoms with Crippen LogP contribution >= 0.6 is 0 Å². The summed E-state index contributed by atoms with van der Waals surface area (Å²) in [6.07, 6.45) is 2.58. The third-order valence-corrected chi connectivity index (χ3v) is 4.00. The Hall–Kier alpha value is -2.63. The fraction of sp³-hybridized carbons (Fsp3) is 0.450. The quantitative estimate of drug-likeness (QED) is 0.659. The molecule has 0 unspecified atom stereocenters. The number of allylic oxidation sites excluding steroid dienone is 1. The minimum atomic E-state index is -0.565. The molecular formula is C20H26N2O4. The van der Waals surface area contributed by atoms with E-state index in [0.29, 0.717) is 24.3 Å². The number of carbonyl (C=O) groups is 3. The van der Waals surface area contributed by atoms with Gasteiger partial charge in [-0.25, -0.2) is 4.79 Å². The van der Waals surface area contributed by atoms with E-state index in [9.17, 15) is 14.4 Å². The van der Waals surface area contributed by atoms with Gasteiger partial charge in [0.25, 0.3) is 0 Å². The van der Waals surface area contributed by atoms with E-state index in [-0.39, 0.29) is 11.7 Å². The van der Waals surface area contributed by atoms with Crippen LogP contribution in [0.2, 0.25) is 0 Å². The van der Waals surface area contributed by atoms with Crippen molar-refractivity contribution in [3.63, 3.8) is 0 Å². The Morgan fingerprint density at radius 3 is 2.15 bits per heavy atom. The number of benzene rings is 1. The Bertz CT molecular complexity index is 704. The molecule has 0 bridgehead atoms. The number of anilines is 1. The van der Waals surface area contributed by atoms with Crippen molar-refractivity contribution in [1.82, 2.24) is 4.90 Å². The first kappa shape index (κ1) is 19.7. The van der Waals surface area contributed by atoms with Gasteiger partial charge in [-0.15, -0.1) is 0 Å². The van der Waals surface area contributed by atoms with Gasteiger partial charge in [-0.05, 0) is 64.0 Å². The van der Waals surface area contributed by atoms with Gasteiger partial charge in [-0.1, -0.05) is 5.57 Å². The summed E-state index contributed by atoms with van der Waals surface area (Å²) in [5.74, 6) is 0.00328. The number of ether oxygens (including phenoxy) is 1. The zero-order valence-electron chi connectivity index (χ0n) is 15.8. The lowest BCUT2D eigenvalue weighted by Crippen LogP contribution is -2.34. The van der Waals surface area contributed by atoms with Crippen molar-refractivity contribution in [2.75, 3.05) is 18.4 Å². The van der Waals surface area contributed by atoms with Gasteiger partial charge in [0.1, 0.15) is 5.60 Å². The molecule has 0 atom stereocenters. The predicted molar refractivity (Wildman–Crippen MR) is 100 cm³/mol. The second kappa shape index (κ2) is 8.17. The van der Waals surface area contributed by atoms with E-state index in [1.807, 2.05) is 0 Å². The Kier molecular flexibility index (Phi) is 6.18. The molecule has 1 heterocycles. The van der Waals surface area contributed by atoms with Gasteiger partial charge in [-0.3, -0.25) is 14.9 Å². The van der Waals surface area contributed by atoms with Crippen LogP contribution in [-0.4, -0.2) is 41.4 Å². The van der Waals surface area contributed by atoms with Gasteiger partial charge in [0.2, 0.25) is 5.91 Å². The van der Waals surface area contributed by atoms with Crippen LogP contribution in [0.1, 0.15) is 50.9 Å². The van der Waals surface area contributed by atoms with Gasteiger partial charge in [0.15, 0.2) is 5.78 Å². The zero-order chi connectivity index (χ0) is 19.3. The maximum absolute atomic E-state index is 12.4. The minimum absolute atomic E-state index is 0.0694. The summed E-state index contributed by atoms with van der Waals surface area (Å²) in [6.45, 7) is 8.27. The molecular weight excluding hydrogens is 332 g/mol. The summed E-state index contributed by atoms with van der Waals surface area (Å²) in [5.41, 5.74) is 1.62. The second-order valence-corrected chi connectivity index (χ2v) is 7.38. The lowest BCUT2D eigenvalue weighted by molar-refractivity contribution is -0.129. The molecule has 1 aliphatic rings. The fourth-order valence-electron chi connectivity index (χ4n) is 2.66. The predicted octanol–water partition coefficient (Wildman–Crippen LogP) is 3.79. The van der Waals surface area contributed by atoms with Crippen LogP contribution in [0.3, 0.4) is 0 Å². The third kappa shape index (κ3) is 6.02. The highest BCUT2D eigenvalue weighted by Gasteiger charge is 2.18. The first-order chi connectivity index (χ1) is 12.1. The van der Waals surface area contributed by atoms with Crippen LogP contribution in [0.4, 0.5) is 10.5 Å². The normalized spacial score (nSPS) is 14.6. The van der Waals surface area contributed by atoms with E-state index in [4.69, 9.17) is 4.74 Å². The average molecular weight is 358 g/mol. The molecule has 1 fully saturated rings. The smallest absolute Gasteiger partial charge is 0.412 e. The van der Waals surface area contributed by atoms with Crippen LogP contribution < -0.4 is 5.32 Å². The number of carbonyl (C=O) groups excluding carboxylic acids is 3. The Labute approximate surface area is 154 Å². The van der Waals surface area contributed by atoms with E-state index in [2.05, 4.69) is 5.32 Å². The van der Waals surface area contributed by atoms with Crippen LogP contribution in [0, 0.1) is 0 Å². The highest BCUT2D eigenvalue weighted by molar-refractivity contribution is 6.05. The number of nitrogens with zero attached hydrogens (tertiary/aromatic N) is 1. The molecule has 1 aromatic carbocycles. The van der Waals surface area contributed by atoms with Crippen molar-refractivity contribution in [3.8, 4) is 0 Å². The van der Waals surface area contributed by atoms with Crippen molar-refractivity contribution >= 4 is 23.5 Å². The van der Waals surface area contributed by atoms with Gasteiger partial charge in [0, 0.05) is 31.3 Å². The molecule has 0 aromatic heterocycles. The van der Waals surface area contributed by atoms with E-state index >= 15 is 0 Å². The number of ketones is 1. The van der Waals surface area contributed by atoms with Crippen LogP contribution in [0.15, 0.2) is 35.9 Å². The summed E-state index contributed by atoms with van der Waals surface area (Å²) in [4.78, 5) is 37.3. The summed E-state index contributed by atoms with van der Waals surface area (Å²) in [6, 6.07) is 6.70. The summed E-state index contributed by atoms with van der Waals surface area (Å²) >= 11 is 0. The van der Waals surface area contributed by atoms with Gasteiger partial charge in [-0.2, -0.15) is 0 Å². The molecule has 1 saturated heterocycles. The number of rotatable bonds is 3. The number of piperidine rings is 1. The van der Waals surface area contributed by atoms with Crippen molar-refractivity contribution in [3.05, 3.63) is 41.5 Å². The van der Waals surface area contributed by atoms with Crippen LogP contribution in [-0.2, 0) is 9.53 Å². The molecule has 0 saturated carbocycles. The molecule has 0 radical (unpaired) electrons. The van der Waals surface area contributed by atoms with Gasteiger partial charge in [0.05, 0.1) is 0 Å². The zero-order valence-corrected chi connectivity index (χ0v) is 15.8. The molecule has 1 aromatic rings. The summed E-state index contributed by atoms with van der Waals surface area (Å²) in [5, 5.41) is 2.64. The lowest BCUT2D eigenvalue weighted by Gasteiger charge is -2.27. The average Bonchev–Trinajstić information content (AvgIpc) is 2.54. The second-order valence-electron chi connectivity index (χ2n) is 7.38. The first-order valence-corrected chi connectivity index (χ1v) is 8.73. The van der Waals surface area contributed by atoms with Gasteiger partial charge < -0.3 is 9.64 Å². The maximum Gasteiger partial charge on any atom is 0.412 e. The lowest BCUT2D eigenvalue weighted by atomic mass is 10.00. The minimum Gasteiger partial charge on any atom is -0.444 e. The monoisotopic (exact) mass is 358 g/mol. The van der Waals surface area contributed by atoms with Crippen molar-refractivity contribution in [2.45, 2.75) is 46.1 Å². The van der Waals surface area contributed by atoms with Crippen LogP contribution in [0.5, 0.6) is 0 Å². The fourth-order valence-corrected chi connectivity index (χ4v) is 2.66. The molecule has 0 spiro atoms. The highest BCUT2D eigenvalue weighted by atomic mass is 16.6. The molecule has 1 N–H and O–H groups in total. The molecule has 0 aliphatic carbocycles. The Balaban J connectivity index is 1.93. The third-order valence-electron chi connectivity index (χ3n) is 4.00. The molecule has 6 heteroatoms. The summed E-state index contributed by atoms with van der Waals surface area (Å²) in [7, 11) is 0.